The van der Waals surface area contributed by atoms with Crippen LogP contribution in [0.4, 0.5) is 0 Å². The van der Waals surface area contributed by atoms with Crippen LogP contribution in [-0.4, -0.2) is 20.7 Å². The van der Waals surface area contributed by atoms with E-state index in [4.69, 9.17) is 11.6 Å². The number of ketones is 1. The summed E-state index contributed by atoms with van der Waals surface area (Å²) in [5, 5.41) is 0.440. The molecule has 114 valence electrons. The van der Waals surface area contributed by atoms with Gasteiger partial charge in [0.25, 0.3) is 0 Å². The molecule has 0 saturated carbocycles. The maximum Gasteiger partial charge on any atom is 0.178 e. The number of carbonyl (C=O) groups excluding carboxylic acids is 1. The summed E-state index contributed by atoms with van der Waals surface area (Å²) in [5.41, 5.74) is 3.40. The van der Waals surface area contributed by atoms with Crippen molar-refractivity contribution >= 4 is 17.4 Å². The lowest BCUT2D eigenvalue weighted by molar-refractivity contribution is 0.0865. The van der Waals surface area contributed by atoms with Crippen LogP contribution >= 0.6 is 11.6 Å². The van der Waals surface area contributed by atoms with Crippen LogP contribution in [0.5, 0.6) is 0 Å². The Morgan fingerprint density at radius 3 is 2.36 bits per heavy atom. The summed E-state index contributed by atoms with van der Waals surface area (Å²) < 4.78 is 0. The fourth-order valence-electron chi connectivity index (χ4n) is 3.13. The Labute approximate surface area is 135 Å². The molecule has 0 radical (unpaired) electrons. The lowest BCUT2D eigenvalue weighted by atomic mass is 9.71. The molecule has 1 aliphatic carbocycles. The third-order valence-electron chi connectivity index (χ3n) is 4.33. The molecular formula is C17H18ClN3O. The van der Waals surface area contributed by atoms with Crippen molar-refractivity contribution < 1.29 is 4.79 Å². The topological polar surface area (TPSA) is 55.7 Å². The zero-order chi connectivity index (χ0) is 16.1. The number of hydrogen-bond donors (Lipinski definition) is 0. The quantitative estimate of drug-likeness (QED) is 0.755. The molecule has 1 atom stereocenters. The average Bonchev–Trinajstić information content (AvgIpc) is 2.41. The van der Waals surface area contributed by atoms with E-state index >= 15 is 0 Å². The van der Waals surface area contributed by atoms with Gasteiger partial charge in [-0.05, 0) is 58.2 Å². The number of halogens is 1. The van der Waals surface area contributed by atoms with Gasteiger partial charge in [0, 0.05) is 17.0 Å². The second kappa shape index (κ2) is 5.13. The molecule has 0 aromatic carbocycles. The second-order valence-corrected chi connectivity index (χ2v) is 6.61. The Balaban J connectivity index is 2.15. The van der Waals surface area contributed by atoms with Crippen molar-refractivity contribution in [3.63, 3.8) is 0 Å². The lowest BCUT2D eigenvalue weighted by Gasteiger charge is -2.32. The Bertz CT molecular complexity index is 767. The van der Waals surface area contributed by atoms with Crippen LogP contribution in [0.15, 0.2) is 12.1 Å². The largest absolute Gasteiger partial charge is 0.293 e. The van der Waals surface area contributed by atoms with Crippen LogP contribution in [-0.2, 0) is 11.8 Å². The zero-order valence-electron chi connectivity index (χ0n) is 13.2. The van der Waals surface area contributed by atoms with Crippen LogP contribution in [0.25, 0.3) is 0 Å². The van der Waals surface area contributed by atoms with Crippen molar-refractivity contribution in [1.82, 2.24) is 15.0 Å². The van der Waals surface area contributed by atoms with Crippen molar-refractivity contribution in [1.29, 1.82) is 0 Å². The Kier molecular flexibility index (Phi) is 3.52. The van der Waals surface area contributed by atoms with Gasteiger partial charge in [0.1, 0.15) is 11.0 Å². The Hall–Kier alpha value is -1.81. The molecule has 0 amide bonds. The molecule has 0 spiro atoms. The van der Waals surface area contributed by atoms with Gasteiger partial charge in [-0.25, -0.2) is 15.0 Å². The predicted octanol–water partition coefficient (Wildman–Crippen LogP) is 3.54. The summed E-state index contributed by atoms with van der Waals surface area (Å²) in [6.07, 6.45) is 1.35. The fraction of sp³-hybridized carbons (Fsp3) is 0.412. The highest BCUT2D eigenvalue weighted by Crippen LogP contribution is 2.38. The molecule has 2 aromatic rings. The van der Waals surface area contributed by atoms with Gasteiger partial charge in [-0.1, -0.05) is 11.6 Å². The number of Topliss-reactive ketones (excluding diaryl/α,β-unsaturated/α-hetero) is 1. The highest BCUT2D eigenvalue weighted by atomic mass is 35.5. The first-order valence-corrected chi connectivity index (χ1v) is 7.72. The number of hydrogen-bond acceptors (Lipinski definition) is 4. The summed E-state index contributed by atoms with van der Waals surface area (Å²) in [4.78, 5) is 26.5. The zero-order valence-corrected chi connectivity index (χ0v) is 14.0. The number of aryl methyl sites for hydroxylation is 4. The summed E-state index contributed by atoms with van der Waals surface area (Å²) in [6, 6.07) is 3.66. The first-order chi connectivity index (χ1) is 10.3. The number of rotatable bonds is 1. The minimum Gasteiger partial charge on any atom is -0.293 e. The number of nitrogens with zero attached hydrogens (tertiary/aromatic N) is 3. The van der Waals surface area contributed by atoms with E-state index in [1.807, 2.05) is 33.8 Å². The first kappa shape index (κ1) is 15.1. The molecule has 2 aromatic heterocycles. The Morgan fingerprint density at radius 1 is 1.09 bits per heavy atom. The van der Waals surface area contributed by atoms with E-state index in [0.717, 1.165) is 22.6 Å². The second-order valence-electron chi connectivity index (χ2n) is 6.22. The minimum atomic E-state index is -0.704. The molecule has 0 aliphatic heterocycles. The normalized spacial score (nSPS) is 20.9. The lowest BCUT2D eigenvalue weighted by Crippen LogP contribution is -2.40. The van der Waals surface area contributed by atoms with E-state index in [9.17, 15) is 4.79 Å². The highest BCUT2D eigenvalue weighted by molar-refractivity contribution is 6.29. The van der Waals surface area contributed by atoms with Crippen molar-refractivity contribution in [3.8, 4) is 0 Å². The third kappa shape index (κ3) is 2.31. The number of fused-ring (bicyclic) bond motifs is 1. The van der Waals surface area contributed by atoms with Crippen LogP contribution in [0.3, 0.4) is 0 Å². The smallest absolute Gasteiger partial charge is 0.178 e. The predicted molar refractivity (Wildman–Crippen MR) is 85.5 cm³/mol. The van der Waals surface area contributed by atoms with Crippen molar-refractivity contribution in [2.45, 2.75) is 46.0 Å². The molecule has 4 nitrogen and oxygen atoms in total. The molecular weight excluding hydrogens is 298 g/mol. The standard InChI is InChI=1S/C17H18ClN3O/c1-9-7-13(18)21-12-5-6-17(4,15(22)14(9)12)16-19-10(2)8-11(3)20-16/h7-8H,5-6H2,1-4H3. The van der Waals surface area contributed by atoms with Gasteiger partial charge >= 0.3 is 0 Å². The van der Waals surface area contributed by atoms with Gasteiger partial charge < -0.3 is 0 Å². The van der Waals surface area contributed by atoms with Crippen LogP contribution in [0, 0.1) is 20.8 Å². The molecule has 3 rings (SSSR count). The molecule has 5 heteroatoms. The van der Waals surface area contributed by atoms with E-state index < -0.39 is 5.41 Å². The SMILES string of the molecule is Cc1cc(C)nc(C2(C)CCc3nc(Cl)cc(C)c3C2=O)n1. The molecule has 0 bridgehead atoms. The molecule has 22 heavy (non-hydrogen) atoms. The van der Waals surface area contributed by atoms with Gasteiger partial charge in [0.05, 0.1) is 11.1 Å². The average molecular weight is 316 g/mol. The van der Waals surface area contributed by atoms with Crippen LogP contribution in [0.1, 0.15) is 52.2 Å². The van der Waals surface area contributed by atoms with Gasteiger partial charge in [-0.15, -0.1) is 0 Å². The molecule has 0 saturated heterocycles. The maximum atomic E-state index is 13.1. The summed E-state index contributed by atoms with van der Waals surface area (Å²) in [7, 11) is 0. The molecule has 0 N–H and O–H groups in total. The summed E-state index contributed by atoms with van der Waals surface area (Å²) in [6.45, 7) is 7.68. The number of carbonyl (C=O) groups is 1. The van der Waals surface area contributed by atoms with E-state index in [0.29, 0.717) is 29.4 Å². The van der Waals surface area contributed by atoms with Crippen LogP contribution in [0.2, 0.25) is 5.15 Å². The van der Waals surface area contributed by atoms with Crippen molar-refractivity contribution in [3.05, 3.63) is 51.3 Å². The summed E-state index contributed by atoms with van der Waals surface area (Å²) in [5.74, 6) is 0.649. The molecule has 1 unspecified atom stereocenters. The Morgan fingerprint density at radius 2 is 1.73 bits per heavy atom. The van der Waals surface area contributed by atoms with E-state index in [-0.39, 0.29) is 5.78 Å². The van der Waals surface area contributed by atoms with Crippen molar-refractivity contribution in [2.24, 2.45) is 0 Å². The van der Waals surface area contributed by atoms with Gasteiger partial charge in [0.2, 0.25) is 0 Å². The van der Waals surface area contributed by atoms with Gasteiger partial charge in [-0.3, -0.25) is 4.79 Å². The van der Waals surface area contributed by atoms with E-state index in [1.165, 1.54) is 0 Å². The number of pyridine rings is 1. The summed E-state index contributed by atoms with van der Waals surface area (Å²) >= 11 is 6.01. The molecule has 0 fully saturated rings. The van der Waals surface area contributed by atoms with Crippen molar-refractivity contribution in [2.75, 3.05) is 0 Å². The van der Waals surface area contributed by atoms with E-state index in [1.54, 1.807) is 6.07 Å². The van der Waals surface area contributed by atoms with Gasteiger partial charge in [0.15, 0.2) is 5.78 Å². The van der Waals surface area contributed by atoms with Gasteiger partial charge in [-0.2, -0.15) is 0 Å². The molecule has 1 aliphatic rings. The third-order valence-corrected chi connectivity index (χ3v) is 4.52. The monoisotopic (exact) mass is 315 g/mol. The minimum absolute atomic E-state index is 0.0421. The fourth-order valence-corrected chi connectivity index (χ4v) is 3.40. The first-order valence-electron chi connectivity index (χ1n) is 7.35. The highest BCUT2D eigenvalue weighted by Gasteiger charge is 2.43. The van der Waals surface area contributed by atoms with Crippen LogP contribution < -0.4 is 0 Å². The molecule has 2 heterocycles. The number of aromatic nitrogens is 3. The van der Waals surface area contributed by atoms with E-state index in [2.05, 4.69) is 15.0 Å². The maximum absolute atomic E-state index is 13.1.